The zero-order valence-electron chi connectivity index (χ0n) is 11.0. The number of quaternary nitrogens is 1. The molecule has 1 amide bonds. The van der Waals surface area contributed by atoms with Crippen LogP contribution < -0.4 is 10.3 Å². The number of hydrogen-bond acceptors (Lipinski definition) is 2. The molecule has 1 saturated heterocycles. The van der Waals surface area contributed by atoms with Crippen molar-refractivity contribution in [3.63, 3.8) is 0 Å². The minimum atomic E-state index is -0.0134. The second-order valence-electron chi connectivity index (χ2n) is 4.90. The molecule has 0 spiro atoms. The molecular formula is C14H19ClN3O+. The third-order valence-corrected chi connectivity index (χ3v) is 3.85. The Morgan fingerprint density at radius 1 is 1.47 bits per heavy atom. The lowest BCUT2D eigenvalue weighted by Gasteiger charge is -2.27. The molecule has 1 unspecified atom stereocenters. The van der Waals surface area contributed by atoms with E-state index >= 15 is 0 Å². The molecule has 2 N–H and O–H groups in total. The molecule has 2 atom stereocenters. The number of likely N-dealkylation sites (N-methyl/N-ethyl adjacent to an activating group) is 1. The Balaban J connectivity index is 1.91. The number of piperidine rings is 1. The average Bonchev–Trinajstić information content (AvgIpc) is 2.41. The van der Waals surface area contributed by atoms with Gasteiger partial charge < -0.3 is 4.90 Å². The van der Waals surface area contributed by atoms with Gasteiger partial charge in [0.1, 0.15) is 0 Å². The van der Waals surface area contributed by atoms with Crippen LogP contribution in [-0.4, -0.2) is 31.8 Å². The van der Waals surface area contributed by atoms with Gasteiger partial charge in [-0.05, 0) is 18.9 Å². The molecule has 1 aromatic rings. The lowest BCUT2D eigenvalue weighted by Crippen LogP contribution is -3.15. The zero-order valence-corrected chi connectivity index (χ0v) is 11.8. The molecule has 1 aliphatic rings. The smallest absolute Gasteiger partial charge is 0.298 e. The summed E-state index contributed by atoms with van der Waals surface area (Å²) in [7, 11) is 2.06. The number of halogens is 1. The fourth-order valence-corrected chi connectivity index (χ4v) is 2.54. The fourth-order valence-electron chi connectivity index (χ4n) is 2.35. The summed E-state index contributed by atoms with van der Waals surface area (Å²) in [6.45, 7) is 1.05. The first kappa shape index (κ1) is 14.0. The zero-order chi connectivity index (χ0) is 13.7. The van der Waals surface area contributed by atoms with Gasteiger partial charge in [-0.2, -0.15) is 5.10 Å². The summed E-state index contributed by atoms with van der Waals surface area (Å²) in [5, 5.41) is 4.62. The van der Waals surface area contributed by atoms with Gasteiger partial charge in [-0.3, -0.25) is 4.79 Å². The van der Waals surface area contributed by atoms with Gasteiger partial charge >= 0.3 is 0 Å². The molecule has 1 heterocycles. The van der Waals surface area contributed by atoms with Crippen LogP contribution in [0.4, 0.5) is 0 Å². The number of nitrogens with one attached hydrogen (secondary N) is 2. The normalized spacial score (nSPS) is 23.5. The number of hydrogen-bond donors (Lipinski definition) is 2. The van der Waals surface area contributed by atoms with Crippen LogP contribution in [0.5, 0.6) is 0 Å². The minimum absolute atomic E-state index is 0.0112. The van der Waals surface area contributed by atoms with Crippen LogP contribution in [0.25, 0.3) is 0 Å². The molecule has 102 valence electrons. The monoisotopic (exact) mass is 280 g/mol. The number of nitrogens with zero attached hydrogens (tertiary/aromatic N) is 1. The number of carbonyl (C=O) groups excluding carboxylic acids is 1. The van der Waals surface area contributed by atoms with E-state index in [-0.39, 0.29) is 11.9 Å². The minimum Gasteiger partial charge on any atom is -0.327 e. The SMILES string of the molecule is C[NH+]1CCCC[C@H]1C(=O)N/N=C\c1ccccc1Cl. The number of amides is 1. The van der Waals surface area contributed by atoms with Gasteiger partial charge in [0.2, 0.25) is 0 Å². The molecular weight excluding hydrogens is 262 g/mol. The van der Waals surface area contributed by atoms with E-state index in [9.17, 15) is 4.79 Å². The van der Waals surface area contributed by atoms with Crippen molar-refractivity contribution >= 4 is 23.7 Å². The van der Waals surface area contributed by atoms with E-state index in [1.807, 2.05) is 18.2 Å². The maximum atomic E-state index is 12.0. The predicted molar refractivity (Wildman–Crippen MR) is 76.6 cm³/mol. The summed E-state index contributed by atoms with van der Waals surface area (Å²) in [6, 6.07) is 7.41. The quantitative estimate of drug-likeness (QED) is 0.626. The van der Waals surface area contributed by atoms with Crippen molar-refractivity contribution in [1.82, 2.24) is 5.43 Å². The Morgan fingerprint density at radius 2 is 2.26 bits per heavy atom. The summed E-state index contributed by atoms with van der Waals surface area (Å²) in [4.78, 5) is 13.3. The Morgan fingerprint density at radius 3 is 3.00 bits per heavy atom. The number of carbonyl (C=O) groups is 1. The maximum Gasteiger partial charge on any atom is 0.298 e. The molecule has 5 heteroatoms. The van der Waals surface area contributed by atoms with E-state index < -0.39 is 0 Å². The summed E-state index contributed by atoms with van der Waals surface area (Å²) in [6.07, 6.45) is 4.82. The van der Waals surface area contributed by atoms with Crippen LogP contribution in [0.3, 0.4) is 0 Å². The first-order valence-electron chi connectivity index (χ1n) is 6.58. The standard InChI is InChI=1S/C14H18ClN3O/c1-18-9-5-4-8-13(18)14(19)17-16-10-11-6-2-3-7-12(11)15/h2-3,6-7,10,13H,4-5,8-9H2,1H3,(H,17,19)/p+1/b16-10-/t13-/m0/s1. The largest absolute Gasteiger partial charge is 0.327 e. The van der Waals surface area contributed by atoms with E-state index in [4.69, 9.17) is 11.6 Å². The van der Waals surface area contributed by atoms with E-state index in [0.29, 0.717) is 5.02 Å². The maximum absolute atomic E-state index is 12.0. The van der Waals surface area contributed by atoms with Crippen LogP contribution in [0.15, 0.2) is 29.4 Å². The van der Waals surface area contributed by atoms with Crippen molar-refractivity contribution in [3.8, 4) is 0 Å². The van der Waals surface area contributed by atoms with Gasteiger partial charge in [-0.25, -0.2) is 5.43 Å². The molecule has 2 rings (SSSR count). The van der Waals surface area contributed by atoms with Crippen molar-refractivity contribution in [3.05, 3.63) is 34.9 Å². The summed E-state index contributed by atoms with van der Waals surface area (Å²) < 4.78 is 0. The van der Waals surface area contributed by atoms with Crippen LogP contribution in [-0.2, 0) is 4.79 Å². The highest BCUT2D eigenvalue weighted by Gasteiger charge is 2.29. The molecule has 0 bridgehead atoms. The van der Waals surface area contributed by atoms with Crippen LogP contribution in [0, 0.1) is 0 Å². The van der Waals surface area contributed by atoms with E-state index in [1.54, 1.807) is 12.3 Å². The molecule has 0 radical (unpaired) electrons. The van der Waals surface area contributed by atoms with Gasteiger partial charge in [-0.15, -0.1) is 0 Å². The average molecular weight is 281 g/mol. The number of benzene rings is 1. The molecule has 1 fully saturated rings. The third-order valence-electron chi connectivity index (χ3n) is 3.51. The molecule has 0 aliphatic carbocycles. The Hall–Kier alpha value is -1.39. The van der Waals surface area contributed by atoms with Crippen LogP contribution in [0.1, 0.15) is 24.8 Å². The second-order valence-corrected chi connectivity index (χ2v) is 5.31. The summed E-state index contributed by atoms with van der Waals surface area (Å²) in [5.74, 6) is -0.0134. The lowest BCUT2D eigenvalue weighted by atomic mass is 10.0. The topological polar surface area (TPSA) is 45.9 Å². The summed E-state index contributed by atoms with van der Waals surface area (Å²) in [5.41, 5.74) is 3.41. The Labute approximate surface area is 118 Å². The van der Waals surface area contributed by atoms with Crippen LogP contribution in [0.2, 0.25) is 5.02 Å². The van der Waals surface area contributed by atoms with Crippen molar-refractivity contribution in [2.45, 2.75) is 25.3 Å². The predicted octanol–water partition coefficient (Wildman–Crippen LogP) is 0.857. The molecule has 19 heavy (non-hydrogen) atoms. The van der Waals surface area contributed by atoms with Crippen molar-refractivity contribution in [2.24, 2.45) is 5.10 Å². The van der Waals surface area contributed by atoms with E-state index in [1.165, 1.54) is 11.3 Å². The van der Waals surface area contributed by atoms with Gasteiger partial charge in [-0.1, -0.05) is 29.8 Å². The molecule has 0 aromatic heterocycles. The molecule has 1 aliphatic heterocycles. The van der Waals surface area contributed by atoms with Gasteiger partial charge in [0, 0.05) is 17.0 Å². The Kier molecular flexibility index (Phi) is 4.93. The highest BCUT2D eigenvalue weighted by molar-refractivity contribution is 6.33. The fraction of sp³-hybridized carbons (Fsp3) is 0.429. The van der Waals surface area contributed by atoms with Crippen molar-refractivity contribution in [1.29, 1.82) is 0 Å². The van der Waals surface area contributed by atoms with Gasteiger partial charge in [0.25, 0.3) is 5.91 Å². The van der Waals surface area contributed by atoms with E-state index in [0.717, 1.165) is 24.9 Å². The van der Waals surface area contributed by atoms with Crippen molar-refractivity contribution < 1.29 is 9.69 Å². The highest BCUT2D eigenvalue weighted by atomic mass is 35.5. The number of likely N-dealkylation sites (tertiary alicyclic amines) is 1. The third kappa shape index (κ3) is 3.78. The molecule has 0 saturated carbocycles. The number of hydrazone groups is 1. The summed E-state index contributed by atoms with van der Waals surface area (Å²) >= 11 is 6.00. The van der Waals surface area contributed by atoms with Gasteiger partial charge in [0.05, 0.1) is 19.8 Å². The molecule has 4 nitrogen and oxygen atoms in total. The van der Waals surface area contributed by atoms with Crippen molar-refractivity contribution in [2.75, 3.05) is 13.6 Å². The van der Waals surface area contributed by atoms with Gasteiger partial charge in [0.15, 0.2) is 6.04 Å². The lowest BCUT2D eigenvalue weighted by molar-refractivity contribution is -0.901. The first-order chi connectivity index (χ1) is 9.18. The molecule has 1 aromatic carbocycles. The Bertz CT molecular complexity index is 476. The van der Waals surface area contributed by atoms with E-state index in [2.05, 4.69) is 17.6 Å². The highest BCUT2D eigenvalue weighted by Crippen LogP contribution is 2.12. The first-order valence-corrected chi connectivity index (χ1v) is 6.96. The van der Waals surface area contributed by atoms with Crippen LogP contribution >= 0.6 is 11.6 Å². The second kappa shape index (κ2) is 6.68. The number of rotatable bonds is 3.